The van der Waals surface area contributed by atoms with E-state index in [0.717, 1.165) is 24.3 Å². The van der Waals surface area contributed by atoms with Gasteiger partial charge in [-0.25, -0.2) is 9.18 Å². The van der Waals surface area contributed by atoms with E-state index in [1.54, 1.807) is 0 Å². The van der Waals surface area contributed by atoms with E-state index in [9.17, 15) is 27.2 Å². The molecule has 0 aliphatic heterocycles. The summed E-state index contributed by atoms with van der Waals surface area (Å²) in [5.41, 5.74) is 3.42. The second-order valence-corrected chi connectivity index (χ2v) is 6.91. The molecule has 33 heavy (non-hydrogen) atoms. The molecule has 0 aliphatic rings. The Morgan fingerprint density at radius 3 is 2.39 bits per heavy atom. The zero-order valence-electron chi connectivity index (χ0n) is 16.8. The van der Waals surface area contributed by atoms with Gasteiger partial charge in [0, 0.05) is 25.4 Å². The number of halogens is 5. The number of primary amides is 1. The predicted octanol–water partition coefficient (Wildman–Crippen LogP) is 5.26. The first-order valence-electron chi connectivity index (χ1n) is 9.13. The van der Waals surface area contributed by atoms with E-state index >= 15 is 0 Å². The molecule has 0 unspecified atom stereocenters. The molecule has 3 aromatic rings. The fourth-order valence-corrected chi connectivity index (χ4v) is 3.07. The number of pyridine rings is 1. The molecule has 3 rings (SSSR count). The first-order chi connectivity index (χ1) is 15.5. The first-order valence-corrected chi connectivity index (χ1v) is 9.51. The summed E-state index contributed by atoms with van der Waals surface area (Å²) in [4.78, 5) is 28.1. The highest BCUT2D eigenvalue weighted by molar-refractivity contribution is 6.31. The number of carbonyl (C=O) groups excluding carboxylic acids is 2. The molecule has 0 aliphatic carbocycles. The summed E-state index contributed by atoms with van der Waals surface area (Å²) in [6, 6.07) is 7.45. The van der Waals surface area contributed by atoms with Crippen molar-refractivity contribution in [1.29, 1.82) is 0 Å². The Morgan fingerprint density at radius 1 is 1.09 bits per heavy atom. The van der Waals surface area contributed by atoms with Crippen LogP contribution in [-0.4, -0.2) is 24.0 Å². The number of anilines is 2. The lowest BCUT2D eigenvalue weighted by molar-refractivity contribution is -0.137. The van der Waals surface area contributed by atoms with Gasteiger partial charge >= 0.3 is 12.2 Å². The van der Waals surface area contributed by atoms with Crippen molar-refractivity contribution in [3.63, 3.8) is 0 Å². The Labute approximate surface area is 189 Å². The van der Waals surface area contributed by atoms with Crippen molar-refractivity contribution in [2.24, 2.45) is 5.73 Å². The van der Waals surface area contributed by atoms with Crippen molar-refractivity contribution in [3.8, 4) is 11.5 Å². The van der Waals surface area contributed by atoms with Crippen LogP contribution in [0.25, 0.3) is 0 Å². The van der Waals surface area contributed by atoms with Crippen LogP contribution in [0.3, 0.4) is 0 Å². The first kappa shape index (κ1) is 23.8. The number of aromatic nitrogens is 1. The lowest BCUT2D eigenvalue weighted by atomic mass is 10.1. The van der Waals surface area contributed by atoms with Gasteiger partial charge in [-0.05, 0) is 36.4 Å². The fraction of sp³-hybridized carbons (Fsp3) is 0.0952. The van der Waals surface area contributed by atoms with Gasteiger partial charge in [0.25, 0.3) is 5.91 Å². The van der Waals surface area contributed by atoms with E-state index in [2.05, 4.69) is 10.3 Å². The maximum absolute atomic E-state index is 14.9. The van der Waals surface area contributed by atoms with Gasteiger partial charge in [0.05, 0.1) is 22.0 Å². The zero-order valence-corrected chi connectivity index (χ0v) is 17.5. The van der Waals surface area contributed by atoms with Gasteiger partial charge in [-0.1, -0.05) is 11.6 Å². The highest BCUT2D eigenvalue weighted by Gasteiger charge is 2.34. The van der Waals surface area contributed by atoms with Gasteiger partial charge in [0.2, 0.25) is 0 Å². The van der Waals surface area contributed by atoms with E-state index in [4.69, 9.17) is 22.1 Å². The third-order valence-electron chi connectivity index (χ3n) is 4.32. The Balaban J connectivity index is 1.95. The minimum Gasteiger partial charge on any atom is -0.457 e. The number of hydrogen-bond acceptors (Lipinski definition) is 4. The van der Waals surface area contributed by atoms with Crippen molar-refractivity contribution in [3.05, 3.63) is 76.8 Å². The molecular formula is C21H15ClF4N4O3. The molecule has 12 heteroatoms. The van der Waals surface area contributed by atoms with E-state index in [1.807, 2.05) is 0 Å². The highest BCUT2D eigenvalue weighted by atomic mass is 35.5. The number of nitrogens with zero attached hydrogens (tertiary/aromatic N) is 2. The van der Waals surface area contributed by atoms with Crippen LogP contribution in [0.2, 0.25) is 5.02 Å². The molecule has 1 heterocycles. The molecule has 0 radical (unpaired) electrons. The minimum atomic E-state index is -4.80. The number of nitrogens with two attached hydrogens (primary N) is 1. The van der Waals surface area contributed by atoms with Crippen LogP contribution in [0, 0.1) is 5.82 Å². The van der Waals surface area contributed by atoms with E-state index in [0.29, 0.717) is 11.0 Å². The molecule has 3 N–H and O–H groups in total. The standard InChI is InChI=1S/C21H15ClF4N4O3/c1-28-19(31)17-10-13(6-7-29-17)33-12-3-5-18(16(23)9-12)30(20(27)32)11-2-4-15(22)14(8-11)21(24,25)26/h2-10H,1H3,(H2,27,32)(H,28,31). The number of rotatable bonds is 5. The van der Waals surface area contributed by atoms with Crippen LogP contribution in [0.1, 0.15) is 16.1 Å². The van der Waals surface area contributed by atoms with Crippen LogP contribution in [0.15, 0.2) is 54.7 Å². The lowest BCUT2D eigenvalue weighted by Crippen LogP contribution is -2.32. The number of nitrogens with one attached hydrogen (secondary N) is 1. The van der Waals surface area contributed by atoms with Gasteiger partial charge in [0.15, 0.2) is 5.82 Å². The lowest BCUT2D eigenvalue weighted by Gasteiger charge is -2.23. The molecule has 0 spiro atoms. The van der Waals surface area contributed by atoms with Crippen LogP contribution in [0.5, 0.6) is 11.5 Å². The molecule has 172 valence electrons. The number of urea groups is 1. The van der Waals surface area contributed by atoms with Gasteiger partial charge in [-0.3, -0.25) is 14.7 Å². The third-order valence-corrected chi connectivity index (χ3v) is 4.65. The Morgan fingerprint density at radius 2 is 1.79 bits per heavy atom. The largest absolute Gasteiger partial charge is 0.457 e. The summed E-state index contributed by atoms with van der Waals surface area (Å²) in [6.07, 6.45) is -3.48. The van der Waals surface area contributed by atoms with Gasteiger partial charge in [0.1, 0.15) is 17.2 Å². The second kappa shape index (κ2) is 9.33. The number of alkyl halides is 3. The van der Waals surface area contributed by atoms with Crippen molar-refractivity contribution < 1.29 is 31.9 Å². The SMILES string of the molecule is CNC(=O)c1cc(Oc2ccc(N(C(N)=O)c3ccc(Cl)c(C(F)(F)F)c3)c(F)c2)ccn1. The molecule has 0 fully saturated rings. The second-order valence-electron chi connectivity index (χ2n) is 6.51. The van der Waals surface area contributed by atoms with E-state index < -0.39 is 40.2 Å². The number of carbonyl (C=O) groups is 2. The minimum absolute atomic E-state index is 0.0122. The zero-order chi connectivity index (χ0) is 24.3. The van der Waals surface area contributed by atoms with Crippen molar-refractivity contribution in [2.45, 2.75) is 6.18 Å². The maximum atomic E-state index is 14.9. The predicted molar refractivity (Wildman–Crippen MR) is 112 cm³/mol. The van der Waals surface area contributed by atoms with Crippen LogP contribution in [0.4, 0.5) is 33.7 Å². The summed E-state index contributed by atoms with van der Waals surface area (Å²) in [7, 11) is 1.43. The monoisotopic (exact) mass is 482 g/mol. The average molecular weight is 483 g/mol. The van der Waals surface area contributed by atoms with Crippen LogP contribution >= 0.6 is 11.6 Å². The number of ether oxygens (including phenoxy) is 1. The molecule has 3 amide bonds. The summed E-state index contributed by atoms with van der Waals surface area (Å²) in [5, 5.41) is 1.81. The maximum Gasteiger partial charge on any atom is 0.417 e. The van der Waals surface area contributed by atoms with Crippen LogP contribution < -0.4 is 20.7 Å². The molecule has 7 nitrogen and oxygen atoms in total. The Hall–Kier alpha value is -3.86. The fourth-order valence-electron chi connectivity index (χ4n) is 2.85. The highest BCUT2D eigenvalue weighted by Crippen LogP contribution is 2.39. The summed E-state index contributed by atoms with van der Waals surface area (Å²) in [6.45, 7) is 0. The average Bonchev–Trinajstić information content (AvgIpc) is 2.75. The molecule has 0 saturated carbocycles. The third kappa shape index (κ3) is 5.32. The molecule has 1 aromatic heterocycles. The Kier molecular flexibility index (Phi) is 6.73. The topological polar surface area (TPSA) is 97.5 Å². The van der Waals surface area contributed by atoms with Crippen molar-refractivity contribution >= 4 is 34.9 Å². The summed E-state index contributed by atoms with van der Waals surface area (Å²) < 4.78 is 60.0. The molecular weight excluding hydrogens is 468 g/mol. The number of amides is 3. The van der Waals surface area contributed by atoms with Crippen molar-refractivity contribution in [2.75, 3.05) is 11.9 Å². The van der Waals surface area contributed by atoms with E-state index in [1.165, 1.54) is 31.4 Å². The van der Waals surface area contributed by atoms with E-state index in [-0.39, 0.29) is 22.9 Å². The molecule has 2 aromatic carbocycles. The van der Waals surface area contributed by atoms with Crippen LogP contribution in [-0.2, 0) is 6.18 Å². The van der Waals surface area contributed by atoms with Crippen molar-refractivity contribution in [1.82, 2.24) is 10.3 Å². The van der Waals surface area contributed by atoms with Gasteiger partial charge in [-0.15, -0.1) is 0 Å². The molecule has 0 atom stereocenters. The smallest absolute Gasteiger partial charge is 0.417 e. The van der Waals surface area contributed by atoms with Gasteiger partial charge in [-0.2, -0.15) is 13.2 Å². The van der Waals surface area contributed by atoms with Gasteiger partial charge < -0.3 is 15.8 Å². The number of benzene rings is 2. The summed E-state index contributed by atoms with van der Waals surface area (Å²) >= 11 is 5.61. The quantitative estimate of drug-likeness (QED) is 0.485. The molecule has 0 saturated heterocycles. The summed E-state index contributed by atoms with van der Waals surface area (Å²) in [5.74, 6) is -1.30. The Bertz CT molecular complexity index is 1220. The normalized spacial score (nSPS) is 11.1. The molecule has 0 bridgehead atoms. The number of hydrogen-bond donors (Lipinski definition) is 2.